The summed E-state index contributed by atoms with van der Waals surface area (Å²) in [6.07, 6.45) is -1.61. The number of alkyl halides is 3. The molecule has 0 aliphatic carbocycles. The average Bonchev–Trinajstić information content (AvgIpc) is 2.27. The number of halogens is 3. The normalized spacial score (nSPS) is 13.0. The average molecular weight is 299 g/mol. The summed E-state index contributed by atoms with van der Waals surface area (Å²) in [6.45, 7) is 0. The first kappa shape index (κ1) is 14.4. The van der Waals surface area contributed by atoms with Crippen molar-refractivity contribution in [2.75, 3.05) is 7.11 Å². The van der Waals surface area contributed by atoms with E-state index in [9.17, 15) is 9.90 Å². The van der Waals surface area contributed by atoms with Crippen molar-refractivity contribution in [2.45, 2.75) is 10.0 Å². The summed E-state index contributed by atoms with van der Waals surface area (Å²) < 4.78 is 3.00. The molecule has 1 amide bonds. The maximum Gasteiger partial charge on any atom is 0.257 e. The fourth-order valence-corrected chi connectivity index (χ4v) is 1.28. The van der Waals surface area contributed by atoms with Crippen molar-refractivity contribution < 1.29 is 14.6 Å². The van der Waals surface area contributed by atoms with Gasteiger partial charge in [0.1, 0.15) is 5.75 Å². The number of rotatable bonds is 3. The zero-order valence-electron chi connectivity index (χ0n) is 8.78. The molecule has 94 valence electrons. The van der Waals surface area contributed by atoms with Crippen LogP contribution in [0, 0.1) is 0 Å². The molecule has 2 N–H and O–H groups in total. The Hall–Kier alpha value is -0.680. The predicted octanol–water partition coefficient (Wildman–Crippen LogP) is 2.11. The van der Waals surface area contributed by atoms with E-state index in [2.05, 4.69) is 5.32 Å². The lowest BCUT2D eigenvalue weighted by atomic mass is 10.2. The summed E-state index contributed by atoms with van der Waals surface area (Å²) >= 11 is 16.3. The molecule has 1 aromatic carbocycles. The molecule has 1 rings (SSSR count). The van der Waals surface area contributed by atoms with E-state index >= 15 is 0 Å². The standard InChI is InChI=1S/C10H10Cl3NO3/c1-17-7-5-3-2-4-6(7)8(15)14-9(16)10(11,12)13/h2-5,9,16H,1H3,(H,14,15). The first-order valence-electron chi connectivity index (χ1n) is 4.55. The first-order valence-corrected chi connectivity index (χ1v) is 5.68. The summed E-state index contributed by atoms with van der Waals surface area (Å²) in [5, 5.41) is 11.6. The Balaban J connectivity index is 2.84. The highest BCUT2D eigenvalue weighted by Gasteiger charge is 2.32. The van der Waals surface area contributed by atoms with E-state index in [1.807, 2.05) is 0 Å². The predicted molar refractivity (Wildman–Crippen MR) is 66.8 cm³/mol. The second kappa shape index (κ2) is 5.78. The van der Waals surface area contributed by atoms with E-state index in [4.69, 9.17) is 39.5 Å². The number of aliphatic hydroxyl groups is 1. The summed E-state index contributed by atoms with van der Waals surface area (Å²) in [5.74, 6) is -0.234. The molecule has 1 aromatic rings. The van der Waals surface area contributed by atoms with Crippen LogP contribution in [0.5, 0.6) is 5.75 Å². The van der Waals surface area contributed by atoms with Crippen LogP contribution in [0.15, 0.2) is 24.3 Å². The smallest absolute Gasteiger partial charge is 0.257 e. The molecule has 7 heteroatoms. The van der Waals surface area contributed by atoms with Crippen molar-refractivity contribution in [3.8, 4) is 5.75 Å². The van der Waals surface area contributed by atoms with Gasteiger partial charge < -0.3 is 15.2 Å². The quantitative estimate of drug-likeness (QED) is 0.664. The molecule has 0 saturated heterocycles. The molecule has 0 aliphatic rings. The number of hydrogen-bond acceptors (Lipinski definition) is 3. The molecule has 4 nitrogen and oxygen atoms in total. The molecule has 0 aliphatic heterocycles. The number of aliphatic hydroxyl groups excluding tert-OH is 1. The van der Waals surface area contributed by atoms with E-state index in [1.165, 1.54) is 13.2 Å². The van der Waals surface area contributed by atoms with Gasteiger partial charge >= 0.3 is 0 Å². The lowest BCUT2D eigenvalue weighted by Crippen LogP contribution is -2.43. The van der Waals surface area contributed by atoms with E-state index in [0.717, 1.165) is 0 Å². The van der Waals surface area contributed by atoms with Crippen molar-refractivity contribution in [1.82, 2.24) is 5.32 Å². The molecule has 17 heavy (non-hydrogen) atoms. The second-order valence-electron chi connectivity index (χ2n) is 3.12. The largest absolute Gasteiger partial charge is 0.496 e. The van der Waals surface area contributed by atoms with Crippen LogP contribution < -0.4 is 10.1 Å². The van der Waals surface area contributed by atoms with E-state index < -0.39 is 15.9 Å². The highest BCUT2D eigenvalue weighted by molar-refractivity contribution is 6.68. The minimum absolute atomic E-state index is 0.239. The van der Waals surface area contributed by atoms with Gasteiger partial charge in [0.2, 0.25) is 3.79 Å². The van der Waals surface area contributed by atoms with Gasteiger partial charge in [-0.1, -0.05) is 46.9 Å². The third-order valence-corrected chi connectivity index (χ3v) is 2.55. The van der Waals surface area contributed by atoms with Gasteiger partial charge in [0.15, 0.2) is 6.23 Å². The maximum atomic E-state index is 11.8. The van der Waals surface area contributed by atoms with Crippen LogP contribution in [-0.2, 0) is 0 Å². The Morgan fingerprint density at radius 3 is 2.53 bits per heavy atom. The Morgan fingerprint density at radius 2 is 2.00 bits per heavy atom. The van der Waals surface area contributed by atoms with Gasteiger partial charge in [-0.25, -0.2) is 0 Å². The van der Waals surface area contributed by atoms with Crippen molar-refractivity contribution in [2.24, 2.45) is 0 Å². The van der Waals surface area contributed by atoms with Crippen LogP contribution in [0.3, 0.4) is 0 Å². The van der Waals surface area contributed by atoms with Gasteiger partial charge in [-0.05, 0) is 12.1 Å². The summed E-state index contributed by atoms with van der Waals surface area (Å²) in [7, 11) is 1.43. The molecule has 1 unspecified atom stereocenters. The Kier molecular flexibility index (Phi) is 4.89. The van der Waals surface area contributed by atoms with Crippen LogP contribution in [0.2, 0.25) is 0 Å². The lowest BCUT2D eigenvalue weighted by molar-refractivity contribution is 0.0789. The minimum Gasteiger partial charge on any atom is -0.496 e. The third kappa shape index (κ3) is 3.92. The Morgan fingerprint density at radius 1 is 1.41 bits per heavy atom. The van der Waals surface area contributed by atoms with Crippen molar-refractivity contribution in [3.05, 3.63) is 29.8 Å². The van der Waals surface area contributed by atoms with Crippen molar-refractivity contribution in [3.63, 3.8) is 0 Å². The topological polar surface area (TPSA) is 58.6 Å². The number of benzene rings is 1. The van der Waals surface area contributed by atoms with E-state index in [1.54, 1.807) is 18.2 Å². The van der Waals surface area contributed by atoms with Crippen LogP contribution in [0.25, 0.3) is 0 Å². The van der Waals surface area contributed by atoms with Gasteiger partial charge in [0.25, 0.3) is 5.91 Å². The molecule has 0 aromatic heterocycles. The van der Waals surface area contributed by atoms with E-state index in [-0.39, 0.29) is 5.56 Å². The Bertz CT molecular complexity index is 406. The number of amides is 1. The molecule has 1 atom stereocenters. The number of hydrogen-bond donors (Lipinski definition) is 2. The molecule has 0 fully saturated rings. The lowest BCUT2D eigenvalue weighted by Gasteiger charge is -2.20. The highest BCUT2D eigenvalue weighted by atomic mass is 35.6. The zero-order valence-corrected chi connectivity index (χ0v) is 11.1. The third-order valence-electron chi connectivity index (χ3n) is 1.93. The number of methoxy groups -OCH3 is 1. The molecule has 0 spiro atoms. The van der Waals surface area contributed by atoms with Gasteiger partial charge in [0.05, 0.1) is 12.7 Å². The molecular formula is C10H10Cl3NO3. The van der Waals surface area contributed by atoms with E-state index in [0.29, 0.717) is 5.75 Å². The summed E-state index contributed by atoms with van der Waals surface area (Å²) in [6, 6.07) is 6.50. The molecular weight excluding hydrogens is 288 g/mol. The fraction of sp³-hybridized carbons (Fsp3) is 0.300. The number of para-hydroxylation sites is 1. The molecule has 0 bridgehead atoms. The van der Waals surface area contributed by atoms with Crippen LogP contribution in [0.4, 0.5) is 0 Å². The number of nitrogens with one attached hydrogen (secondary N) is 1. The number of ether oxygens (including phenoxy) is 1. The zero-order chi connectivity index (χ0) is 13.1. The number of carbonyl (C=O) groups is 1. The summed E-state index contributed by atoms with van der Waals surface area (Å²) in [5.41, 5.74) is 0.239. The first-order chi connectivity index (χ1) is 7.86. The van der Waals surface area contributed by atoms with Gasteiger partial charge in [0, 0.05) is 0 Å². The van der Waals surface area contributed by atoms with Gasteiger partial charge in [-0.2, -0.15) is 0 Å². The second-order valence-corrected chi connectivity index (χ2v) is 5.49. The van der Waals surface area contributed by atoms with Crippen molar-refractivity contribution >= 4 is 40.7 Å². The van der Waals surface area contributed by atoms with Crippen LogP contribution in [0.1, 0.15) is 10.4 Å². The van der Waals surface area contributed by atoms with Crippen molar-refractivity contribution in [1.29, 1.82) is 0 Å². The molecule has 0 saturated carbocycles. The van der Waals surface area contributed by atoms with Gasteiger partial charge in [-0.3, -0.25) is 4.79 Å². The van der Waals surface area contributed by atoms with Crippen LogP contribution >= 0.6 is 34.8 Å². The highest BCUT2D eigenvalue weighted by Crippen LogP contribution is 2.29. The maximum absolute atomic E-state index is 11.8. The number of carbonyl (C=O) groups excluding carboxylic acids is 1. The van der Waals surface area contributed by atoms with Gasteiger partial charge in [-0.15, -0.1) is 0 Å². The SMILES string of the molecule is COc1ccccc1C(=O)NC(O)C(Cl)(Cl)Cl. The fourth-order valence-electron chi connectivity index (χ4n) is 1.12. The minimum atomic E-state index is -1.99. The molecule has 0 radical (unpaired) electrons. The Labute approximate surface area is 113 Å². The monoisotopic (exact) mass is 297 g/mol. The molecule has 0 heterocycles. The van der Waals surface area contributed by atoms with Crippen LogP contribution in [-0.4, -0.2) is 28.1 Å². The summed E-state index contributed by atoms with van der Waals surface area (Å²) in [4.78, 5) is 11.8.